The third-order valence-corrected chi connectivity index (χ3v) is 4.09. The van der Waals surface area contributed by atoms with Crippen molar-refractivity contribution in [2.75, 3.05) is 19.0 Å². The van der Waals surface area contributed by atoms with Crippen LogP contribution in [0.1, 0.15) is 12.8 Å². The lowest BCUT2D eigenvalue weighted by atomic mass is 10.0. The van der Waals surface area contributed by atoms with Gasteiger partial charge in [0.05, 0.1) is 7.11 Å². The first-order chi connectivity index (χ1) is 12.6. The van der Waals surface area contributed by atoms with Gasteiger partial charge in [-0.3, -0.25) is 4.79 Å². The number of rotatable bonds is 6. The first-order valence-electron chi connectivity index (χ1n) is 8.22. The summed E-state index contributed by atoms with van der Waals surface area (Å²) in [7, 11) is 1.54. The number of alkyl halides is 2. The van der Waals surface area contributed by atoms with Crippen molar-refractivity contribution in [1.29, 1.82) is 0 Å². The van der Waals surface area contributed by atoms with Crippen molar-refractivity contribution in [2.24, 2.45) is 0 Å². The van der Waals surface area contributed by atoms with Gasteiger partial charge >= 0.3 is 6.61 Å². The highest BCUT2D eigenvalue weighted by molar-refractivity contribution is 5.95. The van der Waals surface area contributed by atoms with Crippen LogP contribution in [0.3, 0.4) is 0 Å². The van der Waals surface area contributed by atoms with Crippen molar-refractivity contribution in [2.45, 2.75) is 25.6 Å². The molecule has 0 aliphatic carbocycles. The van der Waals surface area contributed by atoms with Crippen LogP contribution in [-0.4, -0.2) is 32.3 Å². The smallest absolute Gasteiger partial charge is 0.387 e. The first kappa shape index (κ1) is 18.1. The molecule has 0 unspecified atom stereocenters. The molecule has 26 heavy (non-hydrogen) atoms. The van der Waals surface area contributed by atoms with Crippen molar-refractivity contribution < 1.29 is 27.8 Å². The van der Waals surface area contributed by atoms with Crippen LogP contribution in [-0.2, 0) is 9.53 Å². The minimum Gasteiger partial charge on any atom is -0.497 e. The average molecular weight is 363 g/mol. The van der Waals surface area contributed by atoms with Crippen molar-refractivity contribution >= 4 is 11.6 Å². The van der Waals surface area contributed by atoms with E-state index >= 15 is 0 Å². The Morgan fingerprint density at radius 2 is 2.00 bits per heavy atom. The molecule has 2 aromatic rings. The Morgan fingerprint density at radius 3 is 2.62 bits per heavy atom. The monoisotopic (exact) mass is 363 g/mol. The van der Waals surface area contributed by atoms with E-state index in [9.17, 15) is 13.6 Å². The zero-order valence-electron chi connectivity index (χ0n) is 14.2. The van der Waals surface area contributed by atoms with Crippen LogP contribution in [0.15, 0.2) is 42.5 Å². The van der Waals surface area contributed by atoms with Crippen molar-refractivity contribution in [1.82, 2.24) is 0 Å². The second kappa shape index (κ2) is 8.14. The van der Waals surface area contributed by atoms with E-state index in [-0.39, 0.29) is 11.7 Å². The molecule has 2 aromatic carbocycles. The molecule has 1 heterocycles. The predicted octanol–water partition coefficient (Wildman–Crippen LogP) is 4.08. The summed E-state index contributed by atoms with van der Waals surface area (Å²) in [6, 6.07) is 11.5. The molecule has 0 bridgehead atoms. The lowest BCUT2D eigenvalue weighted by molar-refractivity contribution is -0.124. The van der Waals surface area contributed by atoms with Crippen LogP contribution in [0.5, 0.6) is 11.5 Å². The number of hydrogen-bond acceptors (Lipinski definition) is 4. The van der Waals surface area contributed by atoms with Gasteiger partial charge in [-0.1, -0.05) is 12.1 Å². The lowest BCUT2D eigenvalue weighted by Gasteiger charge is -2.15. The molecule has 1 aliphatic heterocycles. The Morgan fingerprint density at radius 1 is 1.23 bits per heavy atom. The van der Waals surface area contributed by atoms with E-state index in [1.807, 2.05) is 0 Å². The summed E-state index contributed by atoms with van der Waals surface area (Å²) in [6.45, 7) is -2.38. The maximum atomic E-state index is 12.7. The van der Waals surface area contributed by atoms with Gasteiger partial charge in [0.2, 0.25) is 0 Å². The number of amides is 1. The van der Waals surface area contributed by atoms with Crippen molar-refractivity contribution in [3.8, 4) is 22.6 Å². The molecule has 1 fully saturated rings. The van der Waals surface area contributed by atoms with Crippen molar-refractivity contribution in [3.63, 3.8) is 0 Å². The van der Waals surface area contributed by atoms with Crippen LogP contribution in [0.2, 0.25) is 0 Å². The average Bonchev–Trinajstić information content (AvgIpc) is 3.17. The van der Waals surface area contributed by atoms with E-state index in [2.05, 4.69) is 10.1 Å². The molecule has 5 nitrogen and oxygen atoms in total. The van der Waals surface area contributed by atoms with Crippen molar-refractivity contribution in [3.05, 3.63) is 42.5 Å². The Hall–Kier alpha value is -2.67. The number of carbonyl (C=O) groups excluding carboxylic acids is 1. The Kier molecular flexibility index (Phi) is 5.68. The molecule has 1 atom stereocenters. The normalized spacial score (nSPS) is 16.5. The SMILES string of the molecule is COc1ccc(-c2cc(NC(=O)[C@@H]3CCCO3)ccc2OC(F)F)cc1. The molecular formula is C19H19F2NO4. The van der Waals surface area contributed by atoms with Crippen LogP contribution < -0.4 is 14.8 Å². The van der Waals surface area contributed by atoms with E-state index in [1.165, 1.54) is 12.1 Å². The number of hydrogen-bond donors (Lipinski definition) is 1. The lowest BCUT2D eigenvalue weighted by Crippen LogP contribution is -2.26. The summed E-state index contributed by atoms with van der Waals surface area (Å²) in [4.78, 5) is 12.2. The van der Waals surface area contributed by atoms with E-state index in [0.29, 0.717) is 35.6 Å². The third-order valence-electron chi connectivity index (χ3n) is 4.09. The third kappa shape index (κ3) is 4.29. The number of anilines is 1. The molecule has 0 aromatic heterocycles. The summed E-state index contributed by atoms with van der Waals surface area (Å²) in [5.41, 5.74) is 1.59. The molecule has 1 saturated heterocycles. The molecule has 3 rings (SSSR count). The zero-order chi connectivity index (χ0) is 18.5. The second-order valence-corrected chi connectivity index (χ2v) is 5.81. The number of nitrogens with one attached hydrogen (secondary N) is 1. The summed E-state index contributed by atoms with van der Waals surface area (Å²) in [5, 5.41) is 2.77. The zero-order valence-corrected chi connectivity index (χ0v) is 14.2. The number of halogens is 2. The maximum Gasteiger partial charge on any atom is 0.387 e. The number of methoxy groups -OCH3 is 1. The van der Waals surface area contributed by atoms with Gasteiger partial charge in [0.25, 0.3) is 5.91 Å². The number of benzene rings is 2. The van der Waals surface area contributed by atoms with E-state index in [4.69, 9.17) is 9.47 Å². The molecule has 0 saturated carbocycles. The molecule has 7 heteroatoms. The van der Waals surface area contributed by atoms with Gasteiger partial charge in [-0.15, -0.1) is 0 Å². The number of carbonyl (C=O) groups is 1. The molecule has 1 amide bonds. The van der Waals surface area contributed by atoms with E-state index in [1.54, 1.807) is 37.4 Å². The maximum absolute atomic E-state index is 12.7. The molecule has 0 spiro atoms. The van der Waals surface area contributed by atoms with Gasteiger partial charge < -0.3 is 19.5 Å². The highest BCUT2D eigenvalue weighted by Gasteiger charge is 2.24. The fraction of sp³-hybridized carbons (Fsp3) is 0.316. The number of ether oxygens (including phenoxy) is 3. The Balaban J connectivity index is 1.88. The predicted molar refractivity (Wildman–Crippen MR) is 92.7 cm³/mol. The van der Waals surface area contributed by atoms with Gasteiger partial charge in [0, 0.05) is 17.9 Å². The molecule has 138 valence electrons. The van der Waals surface area contributed by atoms with Gasteiger partial charge in [0.15, 0.2) is 0 Å². The van der Waals surface area contributed by atoms with Crippen LogP contribution in [0.25, 0.3) is 11.1 Å². The van der Waals surface area contributed by atoms with Gasteiger partial charge in [-0.25, -0.2) is 0 Å². The highest BCUT2D eigenvalue weighted by atomic mass is 19.3. The Bertz CT molecular complexity index is 759. The summed E-state index contributed by atoms with van der Waals surface area (Å²) < 4.78 is 40.5. The van der Waals surface area contributed by atoms with Gasteiger partial charge in [-0.05, 0) is 48.7 Å². The molecule has 1 N–H and O–H groups in total. The van der Waals surface area contributed by atoms with Crippen LogP contribution >= 0.6 is 0 Å². The fourth-order valence-electron chi connectivity index (χ4n) is 2.81. The van der Waals surface area contributed by atoms with Gasteiger partial charge in [0.1, 0.15) is 17.6 Å². The molecule has 1 aliphatic rings. The summed E-state index contributed by atoms with van der Waals surface area (Å²) in [6.07, 6.45) is 1.04. The fourth-order valence-corrected chi connectivity index (χ4v) is 2.81. The first-order valence-corrected chi connectivity index (χ1v) is 8.22. The minimum atomic E-state index is -2.95. The van der Waals surface area contributed by atoms with Gasteiger partial charge in [-0.2, -0.15) is 8.78 Å². The summed E-state index contributed by atoms with van der Waals surface area (Å²) >= 11 is 0. The van der Waals surface area contributed by atoms with E-state index in [0.717, 1.165) is 6.42 Å². The molecular weight excluding hydrogens is 344 g/mol. The topological polar surface area (TPSA) is 56.8 Å². The van der Waals surface area contributed by atoms with Crippen LogP contribution in [0, 0.1) is 0 Å². The largest absolute Gasteiger partial charge is 0.497 e. The minimum absolute atomic E-state index is 0.0280. The quantitative estimate of drug-likeness (QED) is 0.840. The molecule has 0 radical (unpaired) electrons. The van der Waals surface area contributed by atoms with E-state index < -0.39 is 12.7 Å². The summed E-state index contributed by atoms with van der Waals surface area (Å²) in [5.74, 6) is 0.430. The standard InChI is InChI=1S/C19H19F2NO4/c1-24-14-7-4-12(5-8-14)15-11-13(6-9-16(15)26-19(20)21)22-18(23)17-3-2-10-25-17/h4-9,11,17,19H,2-3,10H2,1H3,(H,22,23)/t17-/m0/s1. The Labute approximate surface area is 149 Å². The highest BCUT2D eigenvalue weighted by Crippen LogP contribution is 2.34. The van der Waals surface area contributed by atoms with Crippen LogP contribution in [0.4, 0.5) is 14.5 Å². The second-order valence-electron chi connectivity index (χ2n) is 5.81.